The van der Waals surface area contributed by atoms with Gasteiger partial charge in [0.2, 0.25) is 0 Å². The first-order chi connectivity index (χ1) is 27.5. The molecule has 1 atom stereocenters. The summed E-state index contributed by atoms with van der Waals surface area (Å²) >= 11 is 0. The van der Waals surface area contributed by atoms with Crippen LogP contribution in [0.1, 0.15) is 284 Å². The lowest BCUT2D eigenvalue weighted by molar-refractivity contribution is -0.167. The van der Waals surface area contributed by atoms with Crippen molar-refractivity contribution >= 4 is 17.9 Å². The Morgan fingerprint density at radius 2 is 0.482 bits per heavy atom. The highest BCUT2D eigenvalue weighted by Gasteiger charge is 2.19. The van der Waals surface area contributed by atoms with Crippen molar-refractivity contribution < 1.29 is 28.6 Å². The zero-order chi connectivity index (χ0) is 40.8. The van der Waals surface area contributed by atoms with E-state index in [0.29, 0.717) is 19.3 Å². The van der Waals surface area contributed by atoms with E-state index in [9.17, 15) is 14.4 Å². The van der Waals surface area contributed by atoms with Gasteiger partial charge in [0.25, 0.3) is 0 Å². The third kappa shape index (κ3) is 43.5. The Kier molecular flexibility index (Phi) is 44.8. The normalized spacial score (nSPS) is 11.8. The van der Waals surface area contributed by atoms with Crippen LogP contribution in [0, 0.1) is 0 Å². The fourth-order valence-electron chi connectivity index (χ4n) is 7.56. The minimum absolute atomic E-state index is 0.0621. The highest BCUT2D eigenvalue weighted by atomic mass is 16.6. The summed E-state index contributed by atoms with van der Waals surface area (Å²) in [6.07, 6.45) is 48.0. The van der Waals surface area contributed by atoms with Crippen LogP contribution in [0.2, 0.25) is 0 Å². The third-order valence-electron chi connectivity index (χ3n) is 11.4. The molecule has 0 aromatic carbocycles. The molecule has 6 heteroatoms. The van der Waals surface area contributed by atoms with Crippen LogP contribution in [0.25, 0.3) is 0 Å². The number of esters is 3. The van der Waals surface area contributed by atoms with Gasteiger partial charge in [0.05, 0.1) is 0 Å². The molecule has 0 fully saturated rings. The van der Waals surface area contributed by atoms with E-state index < -0.39 is 6.10 Å². The average molecular weight is 793 g/mol. The maximum absolute atomic E-state index is 12.7. The lowest BCUT2D eigenvalue weighted by Crippen LogP contribution is -2.30. The van der Waals surface area contributed by atoms with Crippen molar-refractivity contribution in [1.82, 2.24) is 0 Å². The summed E-state index contributed by atoms with van der Waals surface area (Å²) in [6.45, 7) is 6.66. The molecule has 0 bridgehead atoms. The van der Waals surface area contributed by atoms with Crippen LogP contribution in [0.3, 0.4) is 0 Å². The molecule has 0 aliphatic carbocycles. The van der Waals surface area contributed by atoms with Gasteiger partial charge < -0.3 is 14.2 Å². The van der Waals surface area contributed by atoms with Gasteiger partial charge in [-0.15, -0.1) is 0 Å². The largest absolute Gasteiger partial charge is 0.462 e. The monoisotopic (exact) mass is 793 g/mol. The summed E-state index contributed by atoms with van der Waals surface area (Å²) in [7, 11) is 0. The summed E-state index contributed by atoms with van der Waals surface area (Å²) in [6, 6.07) is 0. The molecule has 0 rings (SSSR count). The SMILES string of the molecule is CCCCCCCCCCCCCCCCCCC(=O)OCC(COC(=O)CCCCCCCCCCCCC)OC(=O)CCCCCCCCCCCCC. The maximum atomic E-state index is 12.7. The molecule has 56 heavy (non-hydrogen) atoms. The number of hydrogen-bond acceptors (Lipinski definition) is 6. The Bertz CT molecular complexity index is 828. The van der Waals surface area contributed by atoms with E-state index in [1.54, 1.807) is 0 Å². The number of rotatable bonds is 46. The van der Waals surface area contributed by atoms with E-state index >= 15 is 0 Å². The molecule has 0 aromatic heterocycles. The summed E-state index contributed by atoms with van der Waals surface area (Å²) < 4.78 is 16.8. The molecule has 0 aliphatic heterocycles. The van der Waals surface area contributed by atoms with Gasteiger partial charge in [-0.3, -0.25) is 14.4 Å². The molecule has 0 saturated heterocycles. The number of unbranched alkanes of at least 4 members (excludes halogenated alkanes) is 35. The second-order valence-corrected chi connectivity index (χ2v) is 17.1. The maximum Gasteiger partial charge on any atom is 0.306 e. The molecule has 0 spiro atoms. The number of hydrogen-bond donors (Lipinski definition) is 0. The number of carbonyl (C=O) groups is 3. The lowest BCUT2D eigenvalue weighted by atomic mass is 10.0. The van der Waals surface area contributed by atoms with Crippen LogP contribution >= 0.6 is 0 Å². The van der Waals surface area contributed by atoms with Crippen molar-refractivity contribution in [1.29, 1.82) is 0 Å². The molecule has 0 heterocycles. The third-order valence-corrected chi connectivity index (χ3v) is 11.4. The highest BCUT2D eigenvalue weighted by molar-refractivity contribution is 5.71. The predicted molar refractivity (Wildman–Crippen MR) is 238 cm³/mol. The smallest absolute Gasteiger partial charge is 0.306 e. The van der Waals surface area contributed by atoms with Crippen LogP contribution in [-0.4, -0.2) is 37.2 Å². The Hall–Kier alpha value is -1.59. The van der Waals surface area contributed by atoms with E-state index in [1.165, 1.54) is 186 Å². The lowest BCUT2D eigenvalue weighted by Gasteiger charge is -2.18. The van der Waals surface area contributed by atoms with Gasteiger partial charge in [-0.1, -0.05) is 245 Å². The van der Waals surface area contributed by atoms with Crippen molar-refractivity contribution in [2.75, 3.05) is 13.2 Å². The second-order valence-electron chi connectivity index (χ2n) is 17.1. The summed E-state index contributed by atoms with van der Waals surface area (Å²) in [5, 5.41) is 0. The van der Waals surface area contributed by atoms with E-state index in [2.05, 4.69) is 20.8 Å². The molecular weight excluding hydrogens is 697 g/mol. The molecule has 0 radical (unpaired) electrons. The molecule has 0 amide bonds. The zero-order valence-electron chi connectivity index (χ0n) is 37.9. The fraction of sp³-hybridized carbons (Fsp3) is 0.940. The van der Waals surface area contributed by atoms with Gasteiger partial charge in [0, 0.05) is 19.3 Å². The second kappa shape index (κ2) is 46.1. The molecular formula is C50H96O6. The molecule has 6 nitrogen and oxygen atoms in total. The van der Waals surface area contributed by atoms with Crippen molar-refractivity contribution in [3.63, 3.8) is 0 Å². The van der Waals surface area contributed by atoms with Crippen LogP contribution < -0.4 is 0 Å². The molecule has 332 valence electrons. The topological polar surface area (TPSA) is 78.9 Å². The Morgan fingerprint density at radius 3 is 0.714 bits per heavy atom. The molecule has 0 aliphatic rings. The van der Waals surface area contributed by atoms with E-state index in [-0.39, 0.29) is 31.1 Å². The molecule has 0 aromatic rings. The highest BCUT2D eigenvalue weighted by Crippen LogP contribution is 2.16. The van der Waals surface area contributed by atoms with Gasteiger partial charge in [0.15, 0.2) is 6.10 Å². The van der Waals surface area contributed by atoms with Crippen LogP contribution in [0.5, 0.6) is 0 Å². The summed E-state index contributed by atoms with van der Waals surface area (Å²) in [5.74, 6) is -0.845. The Labute approximate surface area is 348 Å². The zero-order valence-corrected chi connectivity index (χ0v) is 37.9. The Morgan fingerprint density at radius 1 is 0.286 bits per heavy atom. The van der Waals surface area contributed by atoms with Gasteiger partial charge in [-0.25, -0.2) is 0 Å². The number of carbonyl (C=O) groups excluding carboxylic acids is 3. The quantitative estimate of drug-likeness (QED) is 0.0347. The van der Waals surface area contributed by atoms with E-state index in [1.807, 2.05) is 0 Å². The van der Waals surface area contributed by atoms with Crippen molar-refractivity contribution in [2.45, 2.75) is 290 Å². The summed E-state index contributed by atoms with van der Waals surface area (Å²) in [5.41, 5.74) is 0. The summed E-state index contributed by atoms with van der Waals surface area (Å²) in [4.78, 5) is 37.8. The predicted octanol–water partition coefficient (Wildman–Crippen LogP) is 16.0. The standard InChI is InChI=1S/C50H96O6/c1-4-7-10-13-16-19-22-23-24-25-26-29-31-34-37-40-43-49(52)55-46-47(56-50(53)44-41-38-35-32-28-21-18-15-12-9-6-3)45-54-48(51)42-39-36-33-30-27-20-17-14-11-8-5-2/h47H,4-46H2,1-3H3. The van der Waals surface area contributed by atoms with Gasteiger partial charge >= 0.3 is 17.9 Å². The van der Waals surface area contributed by atoms with E-state index in [0.717, 1.165) is 57.8 Å². The van der Waals surface area contributed by atoms with Gasteiger partial charge in [-0.05, 0) is 19.3 Å². The first-order valence-electron chi connectivity index (χ1n) is 25.0. The Balaban J connectivity index is 4.27. The first-order valence-corrected chi connectivity index (χ1v) is 25.0. The molecule has 0 saturated carbocycles. The van der Waals surface area contributed by atoms with Crippen LogP contribution in [-0.2, 0) is 28.6 Å². The molecule has 0 N–H and O–H groups in total. The van der Waals surface area contributed by atoms with Crippen molar-refractivity contribution in [3.05, 3.63) is 0 Å². The first kappa shape index (κ1) is 54.4. The van der Waals surface area contributed by atoms with Gasteiger partial charge in [0.1, 0.15) is 13.2 Å². The molecule has 1 unspecified atom stereocenters. The number of ether oxygens (including phenoxy) is 3. The minimum atomic E-state index is -0.758. The van der Waals surface area contributed by atoms with E-state index in [4.69, 9.17) is 14.2 Å². The van der Waals surface area contributed by atoms with Crippen LogP contribution in [0.15, 0.2) is 0 Å². The van der Waals surface area contributed by atoms with Crippen LogP contribution in [0.4, 0.5) is 0 Å². The van der Waals surface area contributed by atoms with Gasteiger partial charge in [-0.2, -0.15) is 0 Å². The minimum Gasteiger partial charge on any atom is -0.462 e. The van der Waals surface area contributed by atoms with Crippen molar-refractivity contribution in [3.8, 4) is 0 Å². The van der Waals surface area contributed by atoms with Crippen molar-refractivity contribution in [2.24, 2.45) is 0 Å². The average Bonchev–Trinajstić information content (AvgIpc) is 3.19. The fourth-order valence-corrected chi connectivity index (χ4v) is 7.56.